The maximum absolute atomic E-state index is 6.06. The van der Waals surface area contributed by atoms with Crippen molar-refractivity contribution in [3.8, 4) is 0 Å². The lowest BCUT2D eigenvalue weighted by Crippen LogP contribution is -2.41. The predicted octanol–water partition coefficient (Wildman–Crippen LogP) is 3.72. The van der Waals surface area contributed by atoms with Crippen molar-refractivity contribution in [1.82, 2.24) is 0 Å². The summed E-state index contributed by atoms with van der Waals surface area (Å²) in [6, 6.07) is 12.1. The van der Waals surface area contributed by atoms with Crippen LogP contribution < -0.4 is 10.9 Å². The van der Waals surface area contributed by atoms with Gasteiger partial charge in [-0.3, -0.25) is 0 Å². The van der Waals surface area contributed by atoms with E-state index in [0.717, 1.165) is 10.0 Å². The number of hydrogen-bond donors (Lipinski definition) is 0. The molecule has 1 aliphatic rings. The van der Waals surface area contributed by atoms with Crippen LogP contribution in [-0.4, -0.2) is 6.71 Å². The Morgan fingerprint density at radius 1 is 0.778 bits per heavy atom. The molecule has 0 bridgehead atoms. The van der Waals surface area contributed by atoms with Gasteiger partial charge in [0, 0.05) is 10.0 Å². The lowest BCUT2D eigenvalue weighted by molar-refractivity contribution is 1.69. The molecule has 1 aliphatic heterocycles. The molecule has 0 saturated heterocycles. The fraction of sp³-hybridized carbons (Fsp3) is 0.0667. The molecule has 0 amide bonds. The summed E-state index contributed by atoms with van der Waals surface area (Å²) >= 11 is 12.1. The minimum Gasteiger partial charge on any atom is -0.0843 e. The molecule has 0 radical (unpaired) electrons. The van der Waals surface area contributed by atoms with Crippen LogP contribution in [0.15, 0.2) is 36.4 Å². The van der Waals surface area contributed by atoms with E-state index in [4.69, 9.17) is 23.2 Å². The summed E-state index contributed by atoms with van der Waals surface area (Å²) < 4.78 is 0. The Hall–Kier alpha value is -1.18. The van der Waals surface area contributed by atoms with Crippen molar-refractivity contribution in [3.05, 3.63) is 57.6 Å². The summed E-state index contributed by atoms with van der Waals surface area (Å²) in [5, 5.41) is 1.55. The summed E-state index contributed by atoms with van der Waals surface area (Å²) in [5.41, 5.74) is 4.97. The topological polar surface area (TPSA) is 0 Å². The van der Waals surface area contributed by atoms with Crippen molar-refractivity contribution in [3.63, 3.8) is 0 Å². The normalized spacial score (nSPS) is 12.9. The van der Waals surface area contributed by atoms with Crippen molar-refractivity contribution in [1.29, 1.82) is 0 Å². The zero-order valence-corrected chi connectivity index (χ0v) is 11.5. The molecule has 0 nitrogen and oxygen atoms in total. The zero-order valence-electron chi connectivity index (χ0n) is 9.95. The number of halogens is 2. The standard InChI is InChI=1S/C15H11BCl2/c1-16-14-6-4-12(17)8-10(14)2-3-11-9-13(18)5-7-15(11)16/h2-9H,1H3. The molecule has 2 aromatic rings. The van der Waals surface area contributed by atoms with Gasteiger partial charge < -0.3 is 0 Å². The third-order valence-corrected chi connectivity index (χ3v) is 3.94. The maximum atomic E-state index is 6.06. The van der Waals surface area contributed by atoms with Crippen molar-refractivity contribution >= 4 is 53.0 Å². The highest BCUT2D eigenvalue weighted by atomic mass is 35.5. The third-order valence-electron chi connectivity index (χ3n) is 3.47. The van der Waals surface area contributed by atoms with Gasteiger partial charge in [-0.1, -0.05) is 65.2 Å². The van der Waals surface area contributed by atoms with Gasteiger partial charge >= 0.3 is 0 Å². The molecule has 0 fully saturated rings. The number of rotatable bonds is 0. The minimum atomic E-state index is 0.347. The molecule has 1 heterocycles. The Kier molecular flexibility index (Phi) is 2.97. The minimum absolute atomic E-state index is 0.347. The second-order valence-electron chi connectivity index (χ2n) is 4.60. The van der Waals surface area contributed by atoms with Gasteiger partial charge in [0.2, 0.25) is 6.71 Å². The highest BCUT2D eigenvalue weighted by Crippen LogP contribution is 2.18. The van der Waals surface area contributed by atoms with Crippen molar-refractivity contribution < 1.29 is 0 Å². The molecule has 0 aromatic heterocycles. The second-order valence-corrected chi connectivity index (χ2v) is 5.47. The third kappa shape index (κ3) is 1.98. The first-order valence-electron chi connectivity index (χ1n) is 5.92. The lowest BCUT2D eigenvalue weighted by atomic mass is 9.41. The smallest absolute Gasteiger partial charge is 0.0843 e. The molecule has 18 heavy (non-hydrogen) atoms. The first-order chi connectivity index (χ1) is 8.65. The van der Waals surface area contributed by atoms with Crippen LogP contribution in [0.2, 0.25) is 16.9 Å². The van der Waals surface area contributed by atoms with E-state index in [1.54, 1.807) is 0 Å². The van der Waals surface area contributed by atoms with Crippen LogP contribution >= 0.6 is 23.2 Å². The molecule has 0 atom stereocenters. The van der Waals surface area contributed by atoms with Crippen LogP contribution in [0.4, 0.5) is 0 Å². The van der Waals surface area contributed by atoms with Gasteiger partial charge in [0.15, 0.2) is 0 Å². The summed E-state index contributed by atoms with van der Waals surface area (Å²) in [4.78, 5) is 0. The Morgan fingerprint density at radius 3 is 1.67 bits per heavy atom. The molecule has 0 saturated carbocycles. The van der Waals surface area contributed by atoms with Crippen molar-refractivity contribution in [2.45, 2.75) is 6.82 Å². The monoisotopic (exact) mass is 272 g/mol. The highest BCUT2D eigenvalue weighted by molar-refractivity contribution is 6.85. The molecule has 0 N–H and O–H groups in total. The van der Waals surface area contributed by atoms with Gasteiger partial charge in [0.25, 0.3) is 0 Å². The van der Waals surface area contributed by atoms with E-state index in [9.17, 15) is 0 Å². The SMILES string of the molecule is CB1c2ccc(Cl)cc2C=Cc2cc(Cl)ccc21. The Bertz CT molecular complexity index is 591. The molecule has 3 rings (SSSR count). The summed E-state index contributed by atoms with van der Waals surface area (Å²) in [6.07, 6.45) is 4.22. The van der Waals surface area contributed by atoms with E-state index < -0.39 is 0 Å². The average molecular weight is 273 g/mol. The van der Waals surface area contributed by atoms with Gasteiger partial charge in [0.1, 0.15) is 0 Å². The van der Waals surface area contributed by atoms with E-state index in [-0.39, 0.29) is 0 Å². The number of benzene rings is 2. The predicted molar refractivity (Wildman–Crippen MR) is 82.7 cm³/mol. The molecule has 3 heteroatoms. The summed E-state index contributed by atoms with van der Waals surface area (Å²) in [6.45, 7) is 2.56. The maximum Gasteiger partial charge on any atom is 0.207 e. The fourth-order valence-corrected chi connectivity index (χ4v) is 2.88. The Balaban J connectivity index is 2.23. The van der Waals surface area contributed by atoms with E-state index >= 15 is 0 Å². The fourth-order valence-electron chi connectivity index (χ4n) is 2.52. The first kappa shape index (κ1) is 11.9. The molecule has 0 aliphatic carbocycles. The van der Waals surface area contributed by atoms with Crippen LogP contribution in [-0.2, 0) is 0 Å². The Labute approximate surface area is 117 Å². The average Bonchev–Trinajstić information content (AvgIpc) is 2.47. The molecular weight excluding hydrogens is 262 g/mol. The highest BCUT2D eigenvalue weighted by Gasteiger charge is 2.20. The molecule has 88 valence electrons. The van der Waals surface area contributed by atoms with Crippen LogP contribution in [0.5, 0.6) is 0 Å². The van der Waals surface area contributed by atoms with Gasteiger partial charge in [-0.05, 0) is 35.4 Å². The Morgan fingerprint density at radius 2 is 1.22 bits per heavy atom. The van der Waals surface area contributed by atoms with E-state index in [2.05, 4.69) is 31.1 Å². The van der Waals surface area contributed by atoms with Gasteiger partial charge in [0.05, 0.1) is 0 Å². The molecular formula is C15H11BCl2. The number of hydrogen-bond acceptors (Lipinski definition) is 0. The zero-order chi connectivity index (χ0) is 12.7. The van der Waals surface area contributed by atoms with Crippen LogP contribution in [0.3, 0.4) is 0 Å². The number of fused-ring (bicyclic) bond motifs is 2. The van der Waals surface area contributed by atoms with E-state index in [1.807, 2.05) is 24.3 Å². The van der Waals surface area contributed by atoms with Crippen LogP contribution in [0.1, 0.15) is 11.1 Å². The van der Waals surface area contributed by atoms with Crippen molar-refractivity contribution in [2.75, 3.05) is 0 Å². The molecule has 0 spiro atoms. The lowest BCUT2D eigenvalue weighted by Gasteiger charge is -2.13. The van der Waals surface area contributed by atoms with Gasteiger partial charge in [-0.15, -0.1) is 0 Å². The first-order valence-corrected chi connectivity index (χ1v) is 6.68. The van der Waals surface area contributed by atoms with Crippen molar-refractivity contribution in [2.24, 2.45) is 0 Å². The van der Waals surface area contributed by atoms with E-state index in [1.165, 1.54) is 22.1 Å². The van der Waals surface area contributed by atoms with Gasteiger partial charge in [-0.2, -0.15) is 0 Å². The van der Waals surface area contributed by atoms with E-state index in [0.29, 0.717) is 6.71 Å². The summed E-state index contributed by atoms with van der Waals surface area (Å²) in [7, 11) is 0. The van der Waals surface area contributed by atoms with Gasteiger partial charge in [-0.25, -0.2) is 0 Å². The largest absolute Gasteiger partial charge is 0.207 e. The van der Waals surface area contributed by atoms with Crippen LogP contribution in [0, 0.1) is 0 Å². The summed E-state index contributed by atoms with van der Waals surface area (Å²) in [5.74, 6) is 0. The van der Waals surface area contributed by atoms with Crippen LogP contribution in [0.25, 0.3) is 12.2 Å². The molecule has 2 aromatic carbocycles. The second kappa shape index (κ2) is 4.49. The molecule has 0 unspecified atom stereocenters. The quantitative estimate of drug-likeness (QED) is 0.642.